The Kier molecular flexibility index (Phi) is 2.50. The summed E-state index contributed by atoms with van der Waals surface area (Å²) in [4.78, 5) is 7.68. The number of hydrogen-bond acceptors (Lipinski definition) is 3. The first-order valence-electron chi connectivity index (χ1n) is 5.83. The van der Waals surface area contributed by atoms with Gasteiger partial charge in [0.1, 0.15) is 11.5 Å². The molecular formula is C12H16N4. The monoisotopic (exact) mass is 216 g/mol. The molecule has 2 aromatic heterocycles. The molecule has 2 aromatic rings. The average molecular weight is 216 g/mol. The maximum atomic E-state index is 4.54. The summed E-state index contributed by atoms with van der Waals surface area (Å²) in [6.07, 6.45) is 4.26. The molecule has 0 aromatic carbocycles. The molecule has 3 N–H and O–H groups in total. The molecule has 3 rings (SSSR count). The minimum atomic E-state index is 0.557. The number of fused-ring (bicyclic) bond motifs is 1. The first-order valence-corrected chi connectivity index (χ1v) is 5.83. The highest BCUT2D eigenvalue weighted by Gasteiger charge is 2.12. The smallest absolute Gasteiger partial charge is 0.139 e. The molecule has 0 unspecified atom stereocenters. The van der Waals surface area contributed by atoms with E-state index in [1.165, 1.54) is 12.8 Å². The highest BCUT2D eigenvalue weighted by atomic mass is 15.1. The van der Waals surface area contributed by atoms with Crippen molar-refractivity contribution in [3.05, 3.63) is 24.4 Å². The van der Waals surface area contributed by atoms with Crippen LogP contribution in [0.2, 0.25) is 0 Å². The molecule has 0 amide bonds. The molecule has 0 aliphatic carbocycles. The predicted octanol–water partition coefficient (Wildman–Crippen LogP) is 1.73. The van der Waals surface area contributed by atoms with Gasteiger partial charge in [0.25, 0.3) is 0 Å². The Morgan fingerprint density at radius 3 is 2.94 bits per heavy atom. The Morgan fingerprint density at radius 1 is 1.19 bits per heavy atom. The third-order valence-electron chi connectivity index (χ3n) is 3.10. The van der Waals surface area contributed by atoms with Crippen LogP contribution in [0, 0.1) is 0 Å². The van der Waals surface area contributed by atoms with Crippen molar-refractivity contribution < 1.29 is 0 Å². The summed E-state index contributed by atoms with van der Waals surface area (Å²) in [6.45, 7) is 2.20. The third kappa shape index (κ3) is 1.88. The maximum Gasteiger partial charge on any atom is 0.139 e. The number of rotatable bonds is 2. The molecule has 0 spiro atoms. The maximum absolute atomic E-state index is 4.54. The molecule has 1 aliphatic rings. The number of anilines is 1. The summed E-state index contributed by atoms with van der Waals surface area (Å²) < 4.78 is 0. The first kappa shape index (κ1) is 9.66. The van der Waals surface area contributed by atoms with Crippen molar-refractivity contribution in [2.24, 2.45) is 0 Å². The molecule has 0 saturated carbocycles. The van der Waals surface area contributed by atoms with Gasteiger partial charge in [-0.25, -0.2) is 4.98 Å². The van der Waals surface area contributed by atoms with E-state index in [9.17, 15) is 0 Å². The average Bonchev–Trinajstić information content (AvgIpc) is 2.77. The van der Waals surface area contributed by atoms with Crippen LogP contribution < -0.4 is 10.6 Å². The van der Waals surface area contributed by atoms with Gasteiger partial charge in [-0.2, -0.15) is 0 Å². The van der Waals surface area contributed by atoms with Gasteiger partial charge in [0, 0.05) is 17.6 Å². The summed E-state index contributed by atoms with van der Waals surface area (Å²) in [5.41, 5.74) is 0.957. The SMILES string of the molecule is c1cc2ccc(NC3CCNCC3)nc2[nH]1. The number of aromatic nitrogens is 2. The van der Waals surface area contributed by atoms with E-state index in [4.69, 9.17) is 0 Å². The second-order valence-corrected chi connectivity index (χ2v) is 4.28. The molecule has 0 atom stereocenters. The summed E-state index contributed by atoms with van der Waals surface area (Å²) in [5.74, 6) is 0.974. The standard InChI is InChI=1S/C12H16N4/c1-2-11(15-10-4-6-13-7-5-10)16-12-9(1)3-8-14-12/h1-3,8,10,13H,4-7H2,(H2,14,15,16). The fourth-order valence-electron chi connectivity index (χ4n) is 2.19. The highest BCUT2D eigenvalue weighted by molar-refractivity contribution is 5.77. The van der Waals surface area contributed by atoms with Crippen molar-refractivity contribution in [3.63, 3.8) is 0 Å². The van der Waals surface area contributed by atoms with Crippen LogP contribution in [0.15, 0.2) is 24.4 Å². The Hall–Kier alpha value is -1.55. The van der Waals surface area contributed by atoms with Gasteiger partial charge >= 0.3 is 0 Å². The fourth-order valence-corrected chi connectivity index (χ4v) is 2.19. The van der Waals surface area contributed by atoms with E-state index < -0.39 is 0 Å². The molecular weight excluding hydrogens is 200 g/mol. The van der Waals surface area contributed by atoms with Crippen molar-refractivity contribution in [1.29, 1.82) is 0 Å². The minimum Gasteiger partial charge on any atom is -0.367 e. The van der Waals surface area contributed by atoms with Crippen LogP contribution in [-0.2, 0) is 0 Å². The predicted molar refractivity (Wildman–Crippen MR) is 65.6 cm³/mol. The Labute approximate surface area is 94.5 Å². The number of aromatic amines is 1. The van der Waals surface area contributed by atoms with E-state index >= 15 is 0 Å². The number of piperidine rings is 1. The number of hydrogen-bond donors (Lipinski definition) is 3. The largest absolute Gasteiger partial charge is 0.367 e. The minimum absolute atomic E-state index is 0.557. The zero-order valence-corrected chi connectivity index (χ0v) is 9.16. The highest BCUT2D eigenvalue weighted by Crippen LogP contribution is 2.15. The summed E-state index contributed by atoms with van der Waals surface area (Å²) in [6, 6.07) is 6.75. The summed E-state index contributed by atoms with van der Waals surface area (Å²) in [5, 5.41) is 8.01. The van der Waals surface area contributed by atoms with Crippen LogP contribution in [0.5, 0.6) is 0 Å². The van der Waals surface area contributed by atoms with Gasteiger partial charge in [-0.05, 0) is 44.1 Å². The van der Waals surface area contributed by atoms with E-state index in [1.54, 1.807) is 0 Å². The van der Waals surface area contributed by atoms with Gasteiger partial charge in [-0.1, -0.05) is 0 Å². The molecule has 16 heavy (non-hydrogen) atoms. The number of pyridine rings is 1. The Bertz CT molecular complexity index is 471. The van der Waals surface area contributed by atoms with Crippen LogP contribution in [0.3, 0.4) is 0 Å². The van der Waals surface area contributed by atoms with Gasteiger partial charge in [-0.15, -0.1) is 0 Å². The molecule has 84 valence electrons. The van der Waals surface area contributed by atoms with Crippen LogP contribution in [0.25, 0.3) is 11.0 Å². The van der Waals surface area contributed by atoms with Crippen LogP contribution in [0.4, 0.5) is 5.82 Å². The number of nitrogens with one attached hydrogen (secondary N) is 3. The van der Waals surface area contributed by atoms with Gasteiger partial charge in [0.15, 0.2) is 0 Å². The Balaban J connectivity index is 1.77. The van der Waals surface area contributed by atoms with Crippen molar-refractivity contribution in [3.8, 4) is 0 Å². The lowest BCUT2D eigenvalue weighted by molar-refractivity contribution is 0.478. The van der Waals surface area contributed by atoms with E-state index in [-0.39, 0.29) is 0 Å². The molecule has 3 heterocycles. The van der Waals surface area contributed by atoms with E-state index in [0.29, 0.717) is 6.04 Å². The van der Waals surface area contributed by atoms with Gasteiger partial charge in [-0.3, -0.25) is 0 Å². The number of nitrogens with zero attached hydrogens (tertiary/aromatic N) is 1. The lowest BCUT2D eigenvalue weighted by Crippen LogP contribution is -2.35. The fraction of sp³-hybridized carbons (Fsp3) is 0.417. The zero-order valence-electron chi connectivity index (χ0n) is 9.16. The lowest BCUT2D eigenvalue weighted by Gasteiger charge is -2.24. The number of H-pyrrole nitrogens is 1. The van der Waals surface area contributed by atoms with Gasteiger partial charge in [0.2, 0.25) is 0 Å². The normalized spacial score (nSPS) is 17.8. The lowest BCUT2D eigenvalue weighted by atomic mass is 10.1. The molecule has 1 saturated heterocycles. The van der Waals surface area contributed by atoms with Crippen molar-refractivity contribution in [2.45, 2.75) is 18.9 Å². The second kappa shape index (κ2) is 4.14. The van der Waals surface area contributed by atoms with Crippen molar-refractivity contribution in [2.75, 3.05) is 18.4 Å². The molecule has 0 radical (unpaired) electrons. The van der Waals surface area contributed by atoms with Crippen molar-refractivity contribution in [1.82, 2.24) is 15.3 Å². The first-order chi connectivity index (χ1) is 7.92. The van der Waals surface area contributed by atoms with Gasteiger partial charge in [0.05, 0.1) is 0 Å². The van der Waals surface area contributed by atoms with Crippen LogP contribution >= 0.6 is 0 Å². The summed E-state index contributed by atoms with van der Waals surface area (Å²) in [7, 11) is 0. The quantitative estimate of drug-likeness (QED) is 0.716. The van der Waals surface area contributed by atoms with E-state index in [1.807, 2.05) is 12.3 Å². The summed E-state index contributed by atoms with van der Waals surface area (Å²) >= 11 is 0. The second-order valence-electron chi connectivity index (χ2n) is 4.28. The van der Waals surface area contributed by atoms with Crippen LogP contribution in [0.1, 0.15) is 12.8 Å². The van der Waals surface area contributed by atoms with Crippen molar-refractivity contribution >= 4 is 16.9 Å². The molecule has 1 fully saturated rings. The van der Waals surface area contributed by atoms with Crippen LogP contribution in [-0.4, -0.2) is 29.1 Å². The van der Waals surface area contributed by atoms with E-state index in [2.05, 4.69) is 32.7 Å². The third-order valence-corrected chi connectivity index (χ3v) is 3.10. The molecule has 4 nitrogen and oxygen atoms in total. The zero-order chi connectivity index (χ0) is 10.8. The molecule has 0 bridgehead atoms. The molecule has 4 heteroatoms. The molecule has 1 aliphatic heterocycles. The van der Waals surface area contributed by atoms with E-state index in [0.717, 1.165) is 29.9 Å². The Morgan fingerprint density at radius 2 is 2.06 bits per heavy atom. The topological polar surface area (TPSA) is 52.7 Å². The van der Waals surface area contributed by atoms with Gasteiger partial charge < -0.3 is 15.6 Å².